The minimum absolute atomic E-state index is 0.615. The number of nitrogens with zero attached hydrogens (tertiary/aromatic N) is 1. The second-order valence-electron chi connectivity index (χ2n) is 3.72. The smallest absolute Gasteiger partial charge is 0.195 e. The normalized spacial score (nSPS) is 17.4. The van der Waals surface area contributed by atoms with E-state index in [9.17, 15) is 0 Å². The third kappa shape index (κ3) is 1.61. The van der Waals surface area contributed by atoms with E-state index in [1.54, 1.807) is 0 Å². The zero-order valence-electron chi connectivity index (χ0n) is 8.05. The second kappa shape index (κ2) is 3.50. The molecule has 1 aromatic heterocycles. The molecule has 1 heterocycles. The van der Waals surface area contributed by atoms with Gasteiger partial charge in [-0.2, -0.15) is 0 Å². The fourth-order valence-electron chi connectivity index (χ4n) is 1.75. The summed E-state index contributed by atoms with van der Waals surface area (Å²) >= 11 is 0. The molecule has 1 saturated carbocycles. The maximum absolute atomic E-state index is 5.67. The van der Waals surface area contributed by atoms with E-state index in [-0.39, 0.29) is 0 Å². The lowest BCUT2D eigenvalue weighted by Crippen LogP contribution is -2.08. The molecule has 3 heteroatoms. The molecule has 0 unspecified atom stereocenters. The van der Waals surface area contributed by atoms with Gasteiger partial charge in [0.2, 0.25) is 0 Å². The molecular formula is C10H16N2O. The van der Waals surface area contributed by atoms with E-state index >= 15 is 0 Å². The van der Waals surface area contributed by atoms with Gasteiger partial charge in [0.15, 0.2) is 5.89 Å². The van der Waals surface area contributed by atoms with E-state index in [2.05, 4.69) is 4.98 Å². The van der Waals surface area contributed by atoms with Crippen molar-refractivity contribution in [3.8, 4) is 0 Å². The van der Waals surface area contributed by atoms with E-state index in [0.717, 1.165) is 23.8 Å². The van der Waals surface area contributed by atoms with Gasteiger partial charge < -0.3 is 10.2 Å². The third-order valence-electron chi connectivity index (χ3n) is 2.71. The molecule has 0 bridgehead atoms. The molecule has 1 fully saturated rings. The maximum Gasteiger partial charge on any atom is 0.195 e. The van der Waals surface area contributed by atoms with Crippen LogP contribution in [0.4, 0.5) is 0 Å². The summed E-state index contributed by atoms with van der Waals surface area (Å²) in [7, 11) is 0. The highest BCUT2D eigenvalue weighted by Gasteiger charge is 2.25. The van der Waals surface area contributed by atoms with E-state index < -0.39 is 0 Å². The first kappa shape index (κ1) is 8.75. The Labute approximate surface area is 78.3 Å². The van der Waals surface area contributed by atoms with Crippen molar-refractivity contribution >= 4 is 0 Å². The maximum atomic E-state index is 5.67. The Kier molecular flexibility index (Phi) is 2.36. The van der Waals surface area contributed by atoms with Gasteiger partial charge in [-0.1, -0.05) is 6.42 Å². The Hall–Kier alpha value is -0.830. The number of oxazole rings is 1. The number of aromatic nitrogens is 1. The largest absolute Gasteiger partial charge is 0.445 e. The minimum atomic E-state index is 0.615. The Morgan fingerprint density at radius 1 is 1.54 bits per heavy atom. The molecule has 0 amide bonds. The average Bonchev–Trinajstić information content (AvgIpc) is 2.30. The van der Waals surface area contributed by atoms with Crippen molar-refractivity contribution in [2.75, 3.05) is 6.54 Å². The van der Waals surface area contributed by atoms with Crippen LogP contribution < -0.4 is 5.73 Å². The lowest BCUT2D eigenvalue weighted by molar-refractivity contribution is 0.333. The van der Waals surface area contributed by atoms with Gasteiger partial charge in [0, 0.05) is 18.9 Å². The molecular weight excluding hydrogens is 164 g/mol. The molecule has 3 nitrogen and oxygen atoms in total. The Morgan fingerprint density at radius 2 is 2.31 bits per heavy atom. The zero-order chi connectivity index (χ0) is 9.26. The van der Waals surface area contributed by atoms with Crippen molar-refractivity contribution < 1.29 is 4.42 Å². The van der Waals surface area contributed by atoms with E-state index in [1.807, 2.05) is 6.92 Å². The first-order chi connectivity index (χ1) is 6.31. The predicted octanol–water partition coefficient (Wildman–Crippen LogP) is 1.75. The van der Waals surface area contributed by atoms with Crippen LogP contribution >= 0.6 is 0 Å². The van der Waals surface area contributed by atoms with Crippen molar-refractivity contribution in [2.24, 2.45) is 5.73 Å². The van der Waals surface area contributed by atoms with Gasteiger partial charge in [-0.25, -0.2) is 4.98 Å². The van der Waals surface area contributed by atoms with Gasteiger partial charge >= 0.3 is 0 Å². The van der Waals surface area contributed by atoms with Crippen LogP contribution in [0.15, 0.2) is 4.42 Å². The fourth-order valence-corrected chi connectivity index (χ4v) is 1.75. The summed E-state index contributed by atoms with van der Waals surface area (Å²) in [5, 5.41) is 0. The van der Waals surface area contributed by atoms with Gasteiger partial charge in [0.1, 0.15) is 5.76 Å². The van der Waals surface area contributed by atoms with Crippen LogP contribution in [0, 0.1) is 6.92 Å². The zero-order valence-corrected chi connectivity index (χ0v) is 8.05. The second-order valence-corrected chi connectivity index (χ2v) is 3.72. The molecule has 1 aromatic rings. The highest BCUT2D eigenvalue weighted by atomic mass is 16.4. The van der Waals surface area contributed by atoms with Crippen LogP contribution in [0.3, 0.4) is 0 Å². The minimum Gasteiger partial charge on any atom is -0.445 e. The molecule has 0 aromatic carbocycles. The van der Waals surface area contributed by atoms with Crippen molar-refractivity contribution in [1.29, 1.82) is 0 Å². The first-order valence-corrected chi connectivity index (χ1v) is 4.97. The highest BCUT2D eigenvalue weighted by molar-refractivity contribution is 5.15. The predicted molar refractivity (Wildman–Crippen MR) is 50.6 cm³/mol. The van der Waals surface area contributed by atoms with Crippen molar-refractivity contribution in [2.45, 2.75) is 38.5 Å². The van der Waals surface area contributed by atoms with Crippen molar-refractivity contribution in [3.63, 3.8) is 0 Å². The molecule has 2 rings (SSSR count). The summed E-state index contributed by atoms with van der Waals surface area (Å²) in [5.41, 5.74) is 6.51. The molecule has 13 heavy (non-hydrogen) atoms. The molecule has 0 atom stereocenters. The number of rotatable bonds is 3. The van der Waals surface area contributed by atoms with Crippen LogP contribution in [-0.4, -0.2) is 11.5 Å². The standard InChI is InChI=1S/C10H16N2O/c1-7-10(8-3-2-4-8)13-9(12-7)5-6-11/h8H,2-6,11H2,1H3. The number of aryl methyl sites for hydroxylation is 1. The average molecular weight is 180 g/mol. The summed E-state index contributed by atoms with van der Waals surface area (Å²) in [4.78, 5) is 4.36. The molecule has 1 aliphatic carbocycles. The van der Waals surface area contributed by atoms with Gasteiger partial charge in [0.05, 0.1) is 5.69 Å². The summed E-state index contributed by atoms with van der Waals surface area (Å²) < 4.78 is 5.67. The molecule has 2 N–H and O–H groups in total. The number of nitrogens with two attached hydrogens (primary N) is 1. The topological polar surface area (TPSA) is 52.0 Å². The summed E-state index contributed by atoms with van der Waals surface area (Å²) in [6, 6.07) is 0. The van der Waals surface area contributed by atoms with Crippen LogP contribution in [-0.2, 0) is 6.42 Å². The molecule has 72 valence electrons. The van der Waals surface area contributed by atoms with Gasteiger partial charge in [0.25, 0.3) is 0 Å². The van der Waals surface area contributed by atoms with Crippen LogP contribution in [0.25, 0.3) is 0 Å². The van der Waals surface area contributed by atoms with Crippen molar-refractivity contribution in [3.05, 3.63) is 17.3 Å². The molecule has 0 aliphatic heterocycles. The van der Waals surface area contributed by atoms with E-state index in [1.165, 1.54) is 19.3 Å². The lowest BCUT2D eigenvalue weighted by Gasteiger charge is -2.23. The van der Waals surface area contributed by atoms with E-state index in [0.29, 0.717) is 12.5 Å². The monoisotopic (exact) mass is 180 g/mol. The molecule has 1 aliphatic rings. The van der Waals surface area contributed by atoms with Crippen molar-refractivity contribution in [1.82, 2.24) is 4.98 Å². The SMILES string of the molecule is Cc1nc(CCN)oc1C1CCC1. The fraction of sp³-hybridized carbons (Fsp3) is 0.700. The highest BCUT2D eigenvalue weighted by Crippen LogP contribution is 2.38. The van der Waals surface area contributed by atoms with Gasteiger partial charge in [-0.3, -0.25) is 0 Å². The number of hydrogen-bond acceptors (Lipinski definition) is 3. The Morgan fingerprint density at radius 3 is 2.85 bits per heavy atom. The summed E-state index contributed by atoms with van der Waals surface area (Å²) in [6.45, 7) is 2.64. The third-order valence-corrected chi connectivity index (χ3v) is 2.71. The quantitative estimate of drug-likeness (QED) is 0.771. The Bertz CT molecular complexity index is 289. The van der Waals surface area contributed by atoms with Crippen LogP contribution in [0.5, 0.6) is 0 Å². The van der Waals surface area contributed by atoms with Gasteiger partial charge in [-0.05, 0) is 19.8 Å². The summed E-state index contributed by atoms with van der Waals surface area (Å²) in [6.07, 6.45) is 4.61. The first-order valence-electron chi connectivity index (χ1n) is 4.97. The molecule has 0 saturated heterocycles. The molecule has 0 radical (unpaired) electrons. The molecule has 0 spiro atoms. The van der Waals surface area contributed by atoms with Gasteiger partial charge in [-0.15, -0.1) is 0 Å². The summed E-state index contributed by atoms with van der Waals surface area (Å²) in [5.74, 6) is 2.55. The van der Waals surface area contributed by atoms with Crippen LogP contribution in [0.1, 0.15) is 42.5 Å². The van der Waals surface area contributed by atoms with E-state index in [4.69, 9.17) is 10.2 Å². The van der Waals surface area contributed by atoms with Crippen LogP contribution in [0.2, 0.25) is 0 Å². The number of hydrogen-bond donors (Lipinski definition) is 1. The Balaban J connectivity index is 2.15. The lowest BCUT2D eigenvalue weighted by atomic mass is 9.83.